The molecule has 0 saturated heterocycles. The normalized spacial score (nSPS) is 10.6. The lowest BCUT2D eigenvalue weighted by molar-refractivity contribution is 0.0964. The molecule has 4 heteroatoms. The highest BCUT2D eigenvalue weighted by Gasteiger charge is 2.14. The van der Waals surface area contributed by atoms with E-state index in [9.17, 15) is 4.79 Å². The highest BCUT2D eigenvalue weighted by atomic mass is 35.5. The number of halogens is 1. The van der Waals surface area contributed by atoms with Crippen LogP contribution in [0.15, 0.2) is 18.2 Å². The van der Waals surface area contributed by atoms with Gasteiger partial charge in [-0.2, -0.15) is 0 Å². The van der Waals surface area contributed by atoms with E-state index in [1.165, 1.54) is 0 Å². The molecule has 0 radical (unpaired) electrons. The van der Waals surface area contributed by atoms with Crippen LogP contribution in [0.25, 0.3) is 10.9 Å². The number of nitrogens with one attached hydrogen (secondary N) is 2. The van der Waals surface area contributed by atoms with Crippen molar-refractivity contribution < 1.29 is 4.79 Å². The molecule has 0 bridgehead atoms. The minimum Gasteiger partial charge on any atom is -0.358 e. The summed E-state index contributed by atoms with van der Waals surface area (Å²) in [7, 11) is 1.62. The summed E-state index contributed by atoms with van der Waals surface area (Å²) in [6.45, 7) is 1.87. The number of aromatic amines is 1. The Labute approximate surface area is 92.4 Å². The number of rotatable bonds is 1. The summed E-state index contributed by atoms with van der Waals surface area (Å²) in [5.74, 6) is -0.0963. The average Bonchev–Trinajstić information content (AvgIpc) is 2.52. The maximum Gasteiger partial charge on any atom is 0.253 e. The van der Waals surface area contributed by atoms with E-state index in [1.54, 1.807) is 19.2 Å². The highest BCUT2D eigenvalue weighted by Crippen LogP contribution is 2.25. The van der Waals surface area contributed by atoms with Gasteiger partial charge in [0.1, 0.15) is 0 Å². The van der Waals surface area contributed by atoms with Crippen molar-refractivity contribution in [2.45, 2.75) is 6.92 Å². The van der Waals surface area contributed by atoms with Gasteiger partial charge in [-0.05, 0) is 25.1 Å². The molecule has 2 N–H and O–H groups in total. The lowest BCUT2D eigenvalue weighted by Gasteiger charge is -1.99. The lowest BCUT2D eigenvalue weighted by Crippen LogP contribution is -2.18. The standard InChI is InChI=1S/C11H11ClN2O/c1-6-10(11(15)13-2)8-5-7(12)3-4-9(8)14-6/h3-5,14H,1-2H3,(H,13,15). The van der Waals surface area contributed by atoms with Crippen LogP contribution >= 0.6 is 11.6 Å². The number of amides is 1. The zero-order valence-electron chi connectivity index (χ0n) is 8.52. The van der Waals surface area contributed by atoms with Crippen LogP contribution in [-0.4, -0.2) is 17.9 Å². The van der Waals surface area contributed by atoms with Crippen molar-refractivity contribution in [3.8, 4) is 0 Å². The SMILES string of the molecule is CNC(=O)c1c(C)[nH]c2ccc(Cl)cc12. The summed E-state index contributed by atoms with van der Waals surface area (Å²) in [6, 6.07) is 5.47. The fourth-order valence-electron chi connectivity index (χ4n) is 1.72. The van der Waals surface area contributed by atoms with E-state index in [0.29, 0.717) is 10.6 Å². The third-order valence-electron chi connectivity index (χ3n) is 2.40. The Balaban J connectivity index is 2.76. The molecule has 0 aliphatic heterocycles. The van der Waals surface area contributed by atoms with Crippen molar-refractivity contribution >= 4 is 28.4 Å². The molecule has 2 rings (SSSR count). The predicted molar refractivity (Wildman–Crippen MR) is 61.4 cm³/mol. The lowest BCUT2D eigenvalue weighted by atomic mass is 10.1. The fraction of sp³-hybridized carbons (Fsp3) is 0.182. The van der Waals surface area contributed by atoms with E-state index in [2.05, 4.69) is 10.3 Å². The van der Waals surface area contributed by atoms with Crippen LogP contribution in [0.4, 0.5) is 0 Å². The zero-order valence-corrected chi connectivity index (χ0v) is 9.27. The summed E-state index contributed by atoms with van der Waals surface area (Å²) >= 11 is 5.90. The van der Waals surface area contributed by atoms with Gasteiger partial charge in [0.15, 0.2) is 0 Å². The predicted octanol–water partition coefficient (Wildman–Crippen LogP) is 2.49. The number of benzene rings is 1. The van der Waals surface area contributed by atoms with Crippen LogP contribution in [0.1, 0.15) is 16.1 Å². The van der Waals surface area contributed by atoms with Crippen molar-refractivity contribution in [3.63, 3.8) is 0 Å². The summed E-state index contributed by atoms with van der Waals surface area (Å²) in [6.07, 6.45) is 0. The fourth-order valence-corrected chi connectivity index (χ4v) is 1.89. The Kier molecular flexibility index (Phi) is 2.40. The quantitative estimate of drug-likeness (QED) is 0.765. The molecule has 1 aromatic heterocycles. The number of hydrogen-bond acceptors (Lipinski definition) is 1. The van der Waals surface area contributed by atoms with Crippen LogP contribution in [0.5, 0.6) is 0 Å². The summed E-state index contributed by atoms with van der Waals surface area (Å²) < 4.78 is 0. The Morgan fingerprint density at radius 1 is 1.47 bits per heavy atom. The van der Waals surface area contributed by atoms with Gasteiger partial charge in [-0.3, -0.25) is 4.79 Å². The number of hydrogen-bond donors (Lipinski definition) is 2. The summed E-state index contributed by atoms with van der Waals surface area (Å²) in [4.78, 5) is 14.8. The summed E-state index contributed by atoms with van der Waals surface area (Å²) in [5.41, 5.74) is 2.44. The maximum absolute atomic E-state index is 11.6. The van der Waals surface area contributed by atoms with E-state index in [1.807, 2.05) is 13.0 Å². The van der Waals surface area contributed by atoms with E-state index in [-0.39, 0.29) is 5.91 Å². The van der Waals surface area contributed by atoms with Crippen LogP contribution in [0, 0.1) is 6.92 Å². The van der Waals surface area contributed by atoms with Gasteiger partial charge >= 0.3 is 0 Å². The van der Waals surface area contributed by atoms with Gasteiger partial charge in [-0.15, -0.1) is 0 Å². The van der Waals surface area contributed by atoms with E-state index >= 15 is 0 Å². The van der Waals surface area contributed by atoms with E-state index in [4.69, 9.17) is 11.6 Å². The highest BCUT2D eigenvalue weighted by molar-refractivity contribution is 6.31. The van der Waals surface area contributed by atoms with Crippen molar-refractivity contribution in [2.24, 2.45) is 0 Å². The first kappa shape index (κ1) is 10.1. The van der Waals surface area contributed by atoms with E-state index in [0.717, 1.165) is 16.6 Å². The molecule has 2 aromatic rings. The summed E-state index contributed by atoms with van der Waals surface area (Å²) in [5, 5.41) is 4.11. The molecule has 15 heavy (non-hydrogen) atoms. The number of aromatic nitrogens is 1. The number of aryl methyl sites for hydroxylation is 1. The molecule has 0 atom stereocenters. The largest absolute Gasteiger partial charge is 0.358 e. The van der Waals surface area contributed by atoms with Crippen LogP contribution in [-0.2, 0) is 0 Å². The number of fused-ring (bicyclic) bond motifs is 1. The van der Waals surface area contributed by atoms with Crippen molar-refractivity contribution in [1.29, 1.82) is 0 Å². The van der Waals surface area contributed by atoms with Gasteiger partial charge in [0.25, 0.3) is 5.91 Å². The first-order valence-electron chi connectivity index (χ1n) is 4.63. The van der Waals surface area contributed by atoms with Crippen molar-refractivity contribution in [3.05, 3.63) is 34.5 Å². The number of carbonyl (C=O) groups is 1. The van der Waals surface area contributed by atoms with Crippen molar-refractivity contribution in [1.82, 2.24) is 10.3 Å². The minimum atomic E-state index is -0.0963. The topological polar surface area (TPSA) is 44.9 Å². The third kappa shape index (κ3) is 1.59. The molecule has 3 nitrogen and oxygen atoms in total. The molecule has 0 aliphatic rings. The zero-order chi connectivity index (χ0) is 11.0. The van der Waals surface area contributed by atoms with Gasteiger partial charge < -0.3 is 10.3 Å². The first-order chi connectivity index (χ1) is 7.13. The van der Waals surface area contributed by atoms with Gasteiger partial charge in [0, 0.05) is 28.7 Å². The number of H-pyrrole nitrogens is 1. The molecule has 78 valence electrons. The second kappa shape index (κ2) is 3.59. The Morgan fingerprint density at radius 3 is 2.87 bits per heavy atom. The Morgan fingerprint density at radius 2 is 2.20 bits per heavy atom. The molecular weight excluding hydrogens is 212 g/mol. The maximum atomic E-state index is 11.6. The van der Waals surface area contributed by atoms with Crippen LogP contribution in [0.2, 0.25) is 5.02 Å². The van der Waals surface area contributed by atoms with Gasteiger partial charge in [-0.1, -0.05) is 11.6 Å². The molecule has 0 saturated carbocycles. The molecular formula is C11H11ClN2O. The Hall–Kier alpha value is -1.48. The second-order valence-electron chi connectivity index (χ2n) is 3.39. The van der Waals surface area contributed by atoms with Crippen molar-refractivity contribution in [2.75, 3.05) is 7.05 Å². The smallest absolute Gasteiger partial charge is 0.253 e. The molecule has 0 fully saturated rings. The van der Waals surface area contributed by atoms with E-state index < -0.39 is 0 Å². The van der Waals surface area contributed by atoms with Crippen LogP contribution in [0.3, 0.4) is 0 Å². The third-order valence-corrected chi connectivity index (χ3v) is 2.64. The average molecular weight is 223 g/mol. The molecule has 1 heterocycles. The molecule has 1 aromatic carbocycles. The number of carbonyl (C=O) groups excluding carboxylic acids is 1. The van der Waals surface area contributed by atoms with Crippen LogP contribution < -0.4 is 5.32 Å². The molecule has 0 unspecified atom stereocenters. The monoisotopic (exact) mass is 222 g/mol. The second-order valence-corrected chi connectivity index (χ2v) is 3.83. The molecule has 0 aliphatic carbocycles. The van der Waals surface area contributed by atoms with Gasteiger partial charge in [0.05, 0.1) is 5.56 Å². The first-order valence-corrected chi connectivity index (χ1v) is 5.01. The van der Waals surface area contributed by atoms with Gasteiger partial charge in [-0.25, -0.2) is 0 Å². The van der Waals surface area contributed by atoms with Gasteiger partial charge in [0.2, 0.25) is 0 Å². The minimum absolute atomic E-state index is 0.0963. The molecule has 1 amide bonds. The molecule has 0 spiro atoms. The Bertz CT molecular complexity index is 531.